The lowest BCUT2D eigenvalue weighted by Gasteiger charge is -2.35. The van der Waals surface area contributed by atoms with Gasteiger partial charge in [-0.2, -0.15) is 0 Å². The maximum Gasteiger partial charge on any atom is 0.295 e. The molecule has 0 radical (unpaired) electrons. The molecule has 1 atom stereocenters. The lowest BCUT2D eigenvalue weighted by Crippen LogP contribution is -2.40. The van der Waals surface area contributed by atoms with Crippen molar-refractivity contribution in [2.75, 3.05) is 0 Å². The molecule has 1 heterocycles. The molecule has 0 bridgehead atoms. The van der Waals surface area contributed by atoms with Crippen LogP contribution in [-0.2, 0) is 9.59 Å². The molecule has 28 heavy (non-hydrogen) atoms. The second kappa shape index (κ2) is 7.92. The van der Waals surface area contributed by atoms with Crippen LogP contribution in [0.5, 0.6) is 0 Å². The summed E-state index contributed by atoms with van der Waals surface area (Å²) in [6, 6.07) is 16.1. The molecule has 1 N–H and O–H groups in total. The van der Waals surface area contributed by atoms with Crippen molar-refractivity contribution in [1.82, 2.24) is 4.90 Å². The molecule has 4 rings (SSSR count). The molecule has 1 aliphatic carbocycles. The Bertz CT molecular complexity index is 915. The number of nitrogens with zero attached hydrogens (tertiary/aromatic N) is 1. The van der Waals surface area contributed by atoms with Crippen LogP contribution in [0.3, 0.4) is 0 Å². The first-order valence-corrected chi connectivity index (χ1v) is 10.5. The smallest absolute Gasteiger partial charge is 0.295 e. The Balaban J connectivity index is 1.86. The molecule has 1 amide bonds. The van der Waals surface area contributed by atoms with Gasteiger partial charge in [-0.3, -0.25) is 9.59 Å². The van der Waals surface area contributed by atoms with Crippen molar-refractivity contribution in [2.24, 2.45) is 0 Å². The van der Waals surface area contributed by atoms with E-state index in [1.54, 1.807) is 29.2 Å². The number of amides is 1. The van der Waals surface area contributed by atoms with E-state index in [2.05, 4.69) is 15.9 Å². The maximum atomic E-state index is 13.0. The van der Waals surface area contributed by atoms with Crippen molar-refractivity contribution in [1.29, 1.82) is 0 Å². The highest BCUT2D eigenvalue weighted by Crippen LogP contribution is 2.43. The van der Waals surface area contributed by atoms with Crippen LogP contribution in [0.4, 0.5) is 0 Å². The van der Waals surface area contributed by atoms with Crippen LogP contribution in [0.2, 0.25) is 0 Å². The highest BCUT2D eigenvalue weighted by molar-refractivity contribution is 9.10. The summed E-state index contributed by atoms with van der Waals surface area (Å²) < 4.78 is 0.925. The van der Waals surface area contributed by atoms with E-state index in [1.165, 1.54) is 0 Å². The van der Waals surface area contributed by atoms with Gasteiger partial charge >= 0.3 is 0 Å². The van der Waals surface area contributed by atoms with E-state index in [-0.39, 0.29) is 17.4 Å². The van der Waals surface area contributed by atoms with Gasteiger partial charge in [-0.25, -0.2) is 0 Å². The summed E-state index contributed by atoms with van der Waals surface area (Å²) in [6.07, 6.45) is 5.06. The molecular weight excluding hydrogens is 418 g/mol. The van der Waals surface area contributed by atoms with Crippen LogP contribution in [0, 0.1) is 0 Å². The number of aliphatic hydroxyl groups excluding tert-OH is 1. The van der Waals surface area contributed by atoms with Gasteiger partial charge in [0, 0.05) is 16.1 Å². The number of carbonyl (C=O) groups excluding carboxylic acids is 2. The van der Waals surface area contributed by atoms with Crippen LogP contribution in [0.1, 0.15) is 49.3 Å². The summed E-state index contributed by atoms with van der Waals surface area (Å²) >= 11 is 3.44. The number of aliphatic hydroxyl groups is 1. The molecule has 5 heteroatoms. The van der Waals surface area contributed by atoms with Gasteiger partial charge in [-0.05, 0) is 30.5 Å². The second-order valence-corrected chi connectivity index (χ2v) is 8.33. The van der Waals surface area contributed by atoms with Crippen LogP contribution < -0.4 is 0 Å². The van der Waals surface area contributed by atoms with Gasteiger partial charge in [0.1, 0.15) is 5.76 Å². The third-order valence-electron chi connectivity index (χ3n) is 5.68. The summed E-state index contributed by atoms with van der Waals surface area (Å²) in [5, 5.41) is 11.0. The van der Waals surface area contributed by atoms with E-state index in [9.17, 15) is 14.7 Å². The summed E-state index contributed by atoms with van der Waals surface area (Å²) in [4.78, 5) is 27.8. The van der Waals surface area contributed by atoms with E-state index in [4.69, 9.17) is 0 Å². The monoisotopic (exact) mass is 439 g/mol. The molecule has 0 spiro atoms. The molecule has 1 aliphatic heterocycles. The molecule has 4 nitrogen and oxygen atoms in total. The van der Waals surface area contributed by atoms with Crippen LogP contribution in [0.25, 0.3) is 5.76 Å². The molecule has 0 aromatic heterocycles. The maximum absolute atomic E-state index is 13.0. The van der Waals surface area contributed by atoms with E-state index in [0.29, 0.717) is 5.56 Å². The average Bonchev–Trinajstić information content (AvgIpc) is 3.00. The zero-order valence-corrected chi connectivity index (χ0v) is 17.1. The Morgan fingerprint density at radius 2 is 1.57 bits per heavy atom. The fraction of sp³-hybridized carbons (Fsp3) is 0.304. The Morgan fingerprint density at radius 1 is 0.929 bits per heavy atom. The van der Waals surface area contributed by atoms with E-state index >= 15 is 0 Å². The quantitative estimate of drug-likeness (QED) is 0.405. The lowest BCUT2D eigenvalue weighted by atomic mass is 9.91. The average molecular weight is 440 g/mol. The number of benzene rings is 2. The van der Waals surface area contributed by atoms with Gasteiger partial charge in [-0.15, -0.1) is 0 Å². The summed E-state index contributed by atoms with van der Waals surface area (Å²) in [5.74, 6) is -1.21. The molecule has 1 saturated heterocycles. The molecule has 2 aromatic rings. The predicted octanol–water partition coefficient (Wildman–Crippen LogP) is 5.20. The number of hydrogen-bond donors (Lipinski definition) is 1. The van der Waals surface area contributed by atoms with Gasteiger partial charge in [0.05, 0.1) is 11.6 Å². The summed E-state index contributed by atoms with van der Waals surface area (Å²) in [7, 11) is 0. The van der Waals surface area contributed by atoms with Crippen molar-refractivity contribution in [3.63, 3.8) is 0 Å². The number of rotatable bonds is 3. The third-order valence-corrected chi connectivity index (χ3v) is 6.21. The van der Waals surface area contributed by atoms with Gasteiger partial charge in [0.25, 0.3) is 11.7 Å². The number of likely N-dealkylation sites (tertiary alicyclic amines) is 1. The zero-order chi connectivity index (χ0) is 19.7. The fourth-order valence-corrected chi connectivity index (χ4v) is 4.57. The number of halogens is 1. The van der Waals surface area contributed by atoms with Crippen molar-refractivity contribution in [3.05, 3.63) is 75.8 Å². The topological polar surface area (TPSA) is 57.6 Å². The minimum absolute atomic E-state index is 0.0277. The SMILES string of the molecule is O=C1C(=O)N(C2CCCCC2)C(c2ccc(Br)cc2)/C1=C(/O)c1ccccc1. The first kappa shape index (κ1) is 18.9. The van der Waals surface area contributed by atoms with Crippen molar-refractivity contribution < 1.29 is 14.7 Å². The largest absolute Gasteiger partial charge is 0.507 e. The number of carbonyl (C=O) groups is 2. The number of Topliss-reactive ketones (excluding diaryl/α,β-unsaturated/α-hetero) is 1. The summed E-state index contributed by atoms with van der Waals surface area (Å²) in [5.41, 5.74) is 1.57. The minimum Gasteiger partial charge on any atom is -0.507 e. The highest BCUT2D eigenvalue weighted by Gasteiger charge is 2.48. The molecule has 2 aromatic carbocycles. The van der Waals surface area contributed by atoms with Crippen molar-refractivity contribution >= 4 is 33.4 Å². The van der Waals surface area contributed by atoms with Gasteiger partial charge in [0.2, 0.25) is 0 Å². The van der Waals surface area contributed by atoms with Crippen molar-refractivity contribution in [3.8, 4) is 0 Å². The first-order chi connectivity index (χ1) is 13.6. The fourth-order valence-electron chi connectivity index (χ4n) is 4.31. The Labute approximate surface area is 173 Å². The number of ketones is 1. The third kappa shape index (κ3) is 3.39. The van der Waals surface area contributed by atoms with Gasteiger partial charge in [0.15, 0.2) is 0 Å². The van der Waals surface area contributed by atoms with Crippen molar-refractivity contribution in [2.45, 2.75) is 44.2 Å². The summed E-state index contributed by atoms with van der Waals surface area (Å²) in [6.45, 7) is 0. The minimum atomic E-state index is -0.597. The van der Waals surface area contributed by atoms with Gasteiger partial charge < -0.3 is 10.0 Å². The van der Waals surface area contributed by atoms with E-state index in [0.717, 1.165) is 42.1 Å². The molecule has 1 saturated carbocycles. The van der Waals surface area contributed by atoms with E-state index in [1.807, 2.05) is 30.3 Å². The van der Waals surface area contributed by atoms with Crippen LogP contribution in [0.15, 0.2) is 64.6 Å². The Hall–Kier alpha value is -2.40. The molecular formula is C23H22BrNO3. The van der Waals surface area contributed by atoms with Crippen LogP contribution >= 0.6 is 15.9 Å². The normalized spacial score (nSPS) is 22.6. The second-order valence-electron chi connectivity index (χ2n) is 7.42. The molecule has 2 aliphatic rings. The Kier molecular flexibility index (Phi) is 5.36. The molecule has 144 valence electrons. The van der Waals surface area contributed by atoms with Crippen LogP contribution in [-0.4, -0.2) is 27.7 Å². The zero-order valence-electron chi connectivity index (χ0n) is 15.5. The lowest BCUT2D eigenvalue weighted by molar-refractivity contribution is -0.141. The molecule has 2 fully saturated rings. The number of hydrogen-bond acceptors (Lipinski definition) is 3. The molecule has 1 unspecified atom stereocenters. The first-order valence-electron chi connectivity index (χ1n) is 9.69. The predicted molar refractivity (Wildman–Crippen MR) is 112 cm³/mol. The van der Waals surface area contributed by atoms with Gasteiger partial charge in [-0.1, -0.05) is 77.7 Å². The highest BCUT2D eigenvalue weighted by atomic mass is 79.9. The standard InChI is InChI=1S/C23H22BrNO3/c24-17-13-11-15(12-14-17)20-19(21(26)16-7-3-1-4-8-16)22(27)23(28)25(20)18-9-5-2-6-10-18/h1,3-4,7-8,11-14,18,20,26H,2,5-6,9-10H2/b21-19-. The Morgan fingerprint density at radius 3 is 2.21 bits per heavy atom. The van der Waals surface area contributed by atoms with E-state index < -0.39 is 17.7 Å².